The molecule has 2 heterocycles. The van der Waals surface area contributed by atoms with E-state index in [0.29, 0.717) is 30.0 Å². The molecule has 2 aliphatic rings. The second-order valence-corrected chi connectivity index (χ2v) is 8.32. The van der Waals surface area contributed by atoms with E-state index >= 15 is 0 Å². The third-order valence-corrected chi connectivity index (χ3v) is 6.67. The van der Waals surface area contributed by atoms with E-state index in [1.54, 1.807) is 30.3 Å². The molecule has 2 aliphatic heterocycles. The average molecular weight is 375 g/mol. The number of carbonyl (C=O) groups excluding carboxylic acids is 1. The Hall–Kier alpha value is -2.45. The smallest absolute Gasteiger partial charge is 0.243 e. The van der Waals surface area contributed by atoms with Gasteiger partial charge in [-0.1, -0.05) is 12.1 Å². The van der Waals surface area contributed by atoms with Crippen molar-refractivity contribution in [2.24, 2.45) is 0 Å². The van der Waals surface area contributed by atoms with Crippen molar-refractivity contribution >= 4 is 27.3 Å². The number of halogens is 1. The SMILES string of the molecule is O=C1Cc2cc(S(=O)(=O)N3CCN(c4ccccc4F)CC3)ccc2N1. The van der Waals surface area contributed by atoms with E-state index in [4.69, 9.17) is 0 Å². The highest BCUT2D eigenvalue weighted by atomic mass is 32.2. The van der Waals surface area contributed by atoms with E-state index in [1.807, 2.05) is 4.90 Å². The number of hydrogen-bond donors (Lipinski definition) is 1. The van der Waals surface area contributed by atoms with E-state index in [9.17, 15) is 17.6 Å². The van der Waals surface area contributed by atoms with Crippen LogP contribution in [0.2, 0.25) is 0 Å². The number of benzene rings is 2. The number of amides is 1. The van der Waals surface area contributed by atoms with Crippen molar-refractivity contribution in [3.63, 3.8) is 0 Å². The predicted molar refractivity (Wildman–Crippen MR) is 96.1 cm³/mol. The molecule has 2 aromatic rings. The number of nitrogens with one attached hydrogen (secondary N) is 1. The van der Waals surface area contributed by atoms with E-state index in [-0.39, 0.29) is 36.1 Å². The summed E-state index contributed by atoms with van der Waals surface area (Å²) in [7, 11) is -3.64. The molecule has 6 nitrogen and oxygen atoms in total. The number of anilines is 2. The van der Waals surface area contributed by atoms with Gasteiger partial charge in [0.15, 0.2) is 0 Å². The Morgan fingerprint density at radius 2 is 1.73 bits per heavy atom. The predicted octanol–water partition coefficient (Wildman–Crippen LogP) is 1.83. The van der Waals surface area contributed by atoms with Crippen LogP contribution in [0.1, 0.15) is 5.56 Å². The van der Waals surface area contributed by atoms with Crippen LogP contribution in [0.5, 0.6) is 0 Å². The maximum atomic E-state index is 13.9. The maximum Gasteiger partial charge on any atom is 0.243 e. The molecule has 0 unspecified atom stereocenters. The van der Waals surface area contributed by atoms with Gasteiger partial charge in [0.25, 0.3) is 0 Å². The van der Waals surface area contributed by atoms with Gasteiger partial charge in [0.2, 0.25) is 15.9 Å². The number of fused-ring (bicyclic) bond motifs is 1. The minimum atomic E-state index is -3.64. The van der Waals surface area contributed by atoms with Gasteiger partial charge in [0.1, 0.15) is 5.82 Å². The quantitative estimate of drug-likeness (QED) is 0.889. The van der Waals surface area contributed by atoms with E-state index in [1.165, 1.54) is 16.4 Å². The van der Waals surface area contributed by atoms with Crippen LogP contribution in [-0.2, 0) is 21.2 Å². The van der Waals surface area contributed by atoms with Crippen LogP contribution in [0.3, 0.4) is 0 Å². The molecule has 8 heteroatoms. The van der Waals surface area contributed by atoms with Gasteiger partial charge >= 0.3 is 0 Å². The first-order valence-corrected chi connectivity index (χ1v) is 9.81. The van der Waals surface area contributed by atoms with Gasteiger partial charge in [-0.3, -0.25) is 4.79 Å². The summed E-state index contributed by atoms with van der Waals surface area (Å²) < 4.78 is 41.1. The highest BCUT2D eigenvalue weighted by Crippen LogP contribution is 2.28. The molecule has 0 bridgehead atoms. The summed E-state index contributed by atoms with van der Waals surface area (Å²) in [6, 6.07) is 11.2. The monoisotopic (exact) mass is 375 g/mol. The van der Waals surface area contributed by atoms with Gasteiger partial charge in [-0.25, -0.2) is 12.8 Å². The molecule has 136 valence electrons. The van der Waals surface area contributed by atoms with Crippen LogP contribution in [0.25, 0.3) is 0 Å². The summed E-state index contributed by atoms with van der Waals surface area (Å²) >= 11 is 0. The molecule has 1 N–H and O–H groups in total. The van der Waals surface area contributed by atoms with Crippen molar-refractivity contribution < 1.29 is 17.6 Å². The Kier molecular flexibility index (Phi) is 4.16. The fourth-order valence-electron chi connectivity index (χ4n) is 3.39. The zero-order chi connectivity index (χ0) is 18.3. The van der Waals surface area contributed by atoms with Crippen LogP contribution < -0.4 is 10.2 Å². The number of para-hydroxylation sites is 1. The number of carbonyl (C=O) groups is 1. The van der Waals surface area contributed by atoms with Crippen LogP contribution in [0, 0.1) is 5.82 Å². The van der Waals surface area contributed by atoms with E-state index < -0.39 is 10.0 Å². The van der Waals surface area contributed by atoms with Crippen LogP contribution in [0.15, 0.2) is 47.4 Å². The number of rotatable bonds is 3. The highest BCUT2D eigenvalue weighted by Gasteiger charge is 2.30. The summed E-state index contributed by atoms with van der Waals surface area (Å²) in [6.07, 6.45) is 0.194. The first kappa shape index (κ1) is 17.0. The van der Waals surface area contributed by atoms with Crippen LogP contribution >= 0.6 is 0 Å². The van der Waals surface area contributed by atoms with Gasteiger partial charge in [0.05, 0.1) is 17.0 Å². The van der Waals surface area contributed by atoms with Crippen molar-refractivity contribution in [3.8, 4) is 0 Å². The zero-order valence-corrected chi connectivity index (χ0v) is 14.8. The Bertz CT molecular complexity index is 969. The minimum absolute atomic E-state index is 0.131. The Labute approximate surface area is 151 Å². The molecule has 1 amide bonds. The summed E-state index contributed by atoms with van der Waals surface area (Å²) in [6.45, 7) is 1.41. The third kappa shape index (κ3) is 2.95. The summed E-state index contributed by atoms with van der Waals surface area (Å²) in [4.78, 5) is 13.5. The Morgan fingerprint density at radius 1 is 1.00 bits per heavy atom. The van der Waals surface area contributed by atoms with E-state index in [0.717, 1.165) is 0 Å². The van der Waals surface area contributed by atoms with Gasteiger partial charge in [-0.2, -0.15) is 4.31 Å². The second kappa shape index (κ2) is 6.37. The lowest BCUT2D eigenvalue weighted by Gasteiger charge is -2.35. The summed E-state index contributed by atoms with van der Waals surface area (Å²) in [5.74, 6) is -0.437. The molecule has 0 atom stereocenters. The first-order valence-electron chi connectivity index (χ1n) is 8.37. The number of sulfonamides is 1. The topological polar surface area (TPSA) is 69.7 Å². The molecule has 0 saturated carbocycles. The lowest BCUT2D eigenvalue weighted by atomic mass is 10.2. The molecule has 26 heavy (non-hydrogen) atoms. The van der Waals surface area contributed by atoms with Crippen molar-refractivity contribution in [2.45, 2.75) is 11.3 Å². The summed E-state index contributed by atoms with van der Waals surface area (Å²) in [5.41, 5.74) is 1.85. The Morgan fingerprint density at radius 3 is 2.46 bits per heavy atom. The van der Waals surface area contributed by atoms with Gasteiger partial charge < -0.3 is 10.2 Å². The molecule has 0 spiro atoms. The molecule has 0 aliphatic carbocycles. The molecule has 0 aromatic heterocycles. The average Bonchev–Trinajstić information content (AvgIpc) is 3.01. The van der Waals surface area contributed by atoms with Crippen LogP contribution in [-0.4, -0.2) is 44.8 Å². The third-order valence-electron chi connectivity index (χ3n) is 4.77. The van der Waals surface area contributed by atoms with Gasteiger partial charge in [0, 0.05) is 31.9 Å². The van der Waals surface area contributed by atoms with Gasteiger partial charge in [-0.15, -0.1) is 0 Å². The molecule has 1 fully saturated rings. The minimum Gasteiger partial charge on any atom is -0.367 e. The van der Waals surface area contributed by atoms with Crippen molar-refractivity contribution in [3.05, 3.63) is 53.8 Å². The van der Waals surface area contributed by atoms with Gasteiger partial charge in [-0.05, 0) is 35.9 Å². The van der Waals surface area contributed by atoms with E-state index in [2.05, 4.69) is 5.32 Å². The first-order chi connectivity index (χ1) is 12.4. The molecule has 4 rings (SSSR count). The standard InChI is InChI=1S/C18H18FN3O3S/c19-15-3-1-2-4-17(15)21-7-9-22(10-8-21)26(24,25)14-5-6-16-13(11-14)12-18(23)20-16/h1-6,11H,7-10,12H2,(H,20,23). The molecular formula is C18H18FN3O3S. The lowest BCUT2D eigenvalue weighted by molar-refractivity contribution is -0.115. The maximum absolute atomic E-state index is 13.9. The second-order valence-electron chi connectivity index (χ2n) is 6.39. The van der Waals surface area contributed by atoms with Crippen LogP contribution in [0.4, 0.5) is 15.8 Å². The van der Waals surface area contributed by atoms with Crippen molar-refractivity contribution in [2.75, 3.05) is 36.4 Å². The molecule has 2 aromatic carbocycles. The highest BCUT2D eigenvalue weighted by molar-refractivity contribution is 7.89. The molecule has 0 radical (unpaired) electrons. The summed E-state index contributed by atoms with van der Waals surface area (Å²) in [5, 5.41) is 2.70. The fraction of sp³-hybridized carbons (Fsp3) is 0.278. The molecular weight excluding hydrogens is 357 g/mol. The normalized spacial score (nSPS) is 17.9. The van der Waals surface area contributed by atoms with Crippen molar-refractivity contribution in [1.29, 1.82) is 0 Å². The number of nitrogens with zero attached hydrogens (tertiary/aromatic N) is 2. The molecule has 1 saturated heterocycles. The lowest BCUT2D eigenvalue weighted by Crippen LogP contribution is -2.48. The van der Waals surface area contributed by atoms with Crippen molar-refractivity contribution in [1.82, 2.24) is 4.31 Å². The number of piperazine rings is 1. The number of hydrogen-bond acceptors (Lipinski definition) is 4. The largest absolute Gasteiger partial charge is 0.367 e. The zero-order valence-electron chi connectivity index (χ0n) is 14.0. The Balaban J connectivity index is 1.51. The fourth-order valence-corrected chi connectivity index (χ4v) is 4.87.